The van der Waals surface area contributed by atoms with E-state index in [0.717, 1.165) is 34.5 Å². The van der Waals surface area contributed by atoms with Gasteiger partial charge < -0.3 is 14.8 Å². The normalized spacial score (nSPS) is 32.8. The largest absolute Gasteiger partial charge is 0.490 e. The van der Waals surface area contributed by atoms with Crippen molar-refractivity contribution in [1.82, 2.24) is 5.32 Å². The van der Waals surface area contributed by atoms with Gasteiger partial charge in [-0.1, -0.05) is 43.6 Å². The molecule has 32 heavy (non-hydrogen) atoms. The zero-order valence-corrected chi connectivity index (χ0v) is 20.4. The van der Waals surface area contributed by atoms with Crippen LogP contribution in [0.4, 0.5) is 0 Å². The van der Waals surface area contributed by atoms with Gasteiger partial charge >= 0.3 is 0 Å². The second kappa shape index (κ2) is 8.25. The summed E-state index contributed by atoms with van der Waals surface area (Å²) in [6.45, 7) is 9.09. The molecule has 4 fully saturated rings. The fraction of sp³-hybridized carbons (Fsp3) is 0.571. The summed E-state index contributed by atoms with van der Waals surface area (Å²) in [5.74, 6) is 2.52. The first-order valence-corrected chi connectivity index (χ1v) is 12.5. The third kappa shape index (κ3) is 4.52. The van der Waals surface area contributed by atoms with Crippen LogP contribution in [0.5, 0.6) is 11.5 Å². The van der Waals surface area contributed by atoms with Crippen LogP contribution in [0.1, 0.15) is 70.4 Å². The number of benzene rings is 2. The van der Waals surface area contributed by atoms with Crippen LogP contribution in [0.2, 0.25) is 5.02 Å². The summed E-state index contributed by atoms with van der Waals surface area (Å²) in [6.07, 6.45) is 8.27. The van der Waals surface area contributed by atoms with E-state index < -0.39 is 0 Å². The highest BCUT2D eigenvalue weighted by Crippen LogP contribution is 2.66. The Morgan fingerprint density at radius 1 is 0.875 bits per heavy atom. The van der Waals surface area contributed by atoms with Crippen molar-refractivity contribution in [3.8, 4) is 11.5 Å². The summed E-state index contributed by atoms with van der Waals surface area (Å²) >= 11 is 5.99. The molecular weight excluding hydrogens is 418 g/mol. The van der Waals surface area contributed by atoms with Crippen molar-refractivity contribution in [3.63, 3.8) is 0 Å². The van der Waals surface area contributed by atoms with Gasteiger partial charge in [-0.2, -0.15) is 0 Å². The van der Waals surface area contributed by atoms with Gasteiger partial charge in [0, 0.05) is 17.1 Å². The molecule has 2 aromatic carbocycles. The molecule has 4 bridgehead atoms. The van der Waals surface area contributed by atoms with Gasteiger partial charge in [-0.15, -0.1) is 0 Å². The summed E-state index contributed by atoms with van der Waals surface area (Å²) < 4.78 is 12.0. The van der Waals surface area contributed by atoms with Gasteiger partial charge in [0.2, 0.25) is 0 Å². The molecule has 0 amide bonds. The highest BCUT2D eigenvalue weighted by molar-refractivity contribution is 6.30. The van der Waals surface area contributed by atoms with Crippen molar-refractivity contribution in [2.75, 3.05) is 6.61 Å². The second-order valence-electron chi connectivity index (χ2n) is 11.4. The minimum Gasteiger partial charge on any atom is -0.490 e. The SMILES string of the molecule is CCOc1cc(CNC23CC4CC(C)(CC(C)(C4)C2)C3)ccc1OCc1ccc(Cl)cc1. The van der Waals surface area contributed by atoms with E-state index in [2.05, 4.69) is 37.4 Å². The lowest BCUT2D eigenvalue weighted by molar-refractivity contribution is -0.118. The molecule has 0 heterocycles. The van der Waals surface area contributed by atoms with E-state index in [0.29, 0.717) is 29.6 Å². The van der Waals surface area contributed by atoms with Crippen molar-refractivity contribution >= 4 is 11.6 Å². The number of rotatable bonds is 8. The van der Waals surface area contributed by atoms with E-state index in [1.807, 2.05) is 31.2 Å². The molecule has 2 unspecified atom stereocenters. The Hall–Kier alpha value is -1.71. The molecule has 0 saturated heterocycles. The van der Waals surface area contributed by atoms with E-state index in [1.165, 1.54) is 44.1 Å². The van der Waals surface area contributed by atoms with Crippen LogP contribution in [0.15, 0.2) is 42.5 Å². The van der Waals surface area contributed by atoms with Crippen LogP contribution >= 0.6 is 11.6 Å². The zero-order chi connectivity index (χ0) is 22.4. The number of ether oxygens (including phenoxy) is 2. The summed E-state index contributed by atoms with van der Waals surface area (Å²) in [5.41, 5.74) is 3.71. The smallest absolute Gasteiger partial charge is 0.161 e. The van der Waals surface area contributed by atoms with Crippen LogP contribution in [0, 0.1) is 16.7 Å². The molecular formula is C28H36ClNO2. The Bertz CT molecular complexity index is 954. The number of halogens is 1. The van der Waals surface area contributed by atoms with Crippen LogP contribution in [0.25, 0.3) is 0 Å². The number of hydrogen-bond acceptors (Lipinski definition) is 3. The summed E-state index contributed by atoms with van der Waals surface area (Å²) in [6, 6.07) is 14.2. The third-order valence-electron chi connectivity index (χ3n) is 7.91. The molecule has 1 N–H and O–H groups in total. The molecule has 0 radical (unpaired) electrons. The van der Waals surface area contributed by atoms with Gasteiger partial charge in [0.1, 0.15) is 6.61 Å². The molecule has 0 spiro atoms. The predicted molar refractivity (Wildman–Crippen MR) is 130 cm³/mol. The Morgan fingerprint density at radius 3 is 2.22 bits per heavy atom. The number of hydrogen-bond donors (Lipinski definition) is 1. The molecule has 4 aliphatic carbocycles. The van der Waals surface area contributed by atoms with Gasteiger partial charge in [0.25, 0.3) is 0 Å². The highest BCUT2D eigenvalue weighted by Gasteiger charge is 2.59. The van der Waals surface area contributed by atoms with E-state index in [4.69, 9.17) is 21.1 Å². The predicted octanol–water partition coefficient (Wildman–Crippen LogP) is 7.16. The molecule has 2 atom stereocenters. The lowest BCUT2D eigenvalue weighted by atomic mass is 9.43. The maximum Gasteiger partial charge on any atom is 0.161 e. The van der Waals surface area contributed by atoms with Gasteiger partial charge in [-0.3, -0.25) is 0 Å². The Balaban J connectivity index is 1.27. The van der Waals surface area contributed by atoms with Crippen LogP contribution < -0.4 is 14.8 Å². The monoisotopic (exact) mass is 453 g/mol. The topological polar surface area (TPSA) is 30.5 Å². The van der Waals surface area contributed by atoms with Crippen molar-refractivity contribution < 1.29 is 9.47 Å². The summed E-state index contributed by atoms with van der Waals surface area (Å²) in [7, 11) is 0. The Labute approximate surface area is 197 Å². The quantitative estimate of drug-likeness (QED) is 0.460. The van der Waals surface area contributed by atoms with E-state index in [1.54, 1.807) is 0 Å². The Kier molecular flexibility index (Phi) is 5.70. The number of nitrogens with one attached hydrogen (secondary N) is 1. The zero-order valence-electron chi connectivity index (χ0n) is 19.7. The maximum absolute atomic E-state index is 6.09. The molecule has 4 saturated carbocycles. The van der Waals surface area contributed by atoms with Crippen molar-refractivity contribution in [1.29, 1.82) is 0 Å². The average molecular weight is 454 g/mol. The first-order valence-electron chi connectivity index (χ1n) is 12.2. The minimum atomic E-state index is 0.304. The fourth-order valence-electron chi connectivity index (χ4n) is 7.73. The average Bonchev–Trinajstić information content (AvgIpc) is 2.70. The van der Waals surface area contributed by atoms with Gasteiger partial charge in [-0.25, -0.2) is 0 Å². The molecule has 0 aromatic heterocycles. The molecule has 4 aliphatic rings. The van der Waals surface area contributed by atoms with Gasteiger partial charge in [0.05, 0.1) is 6.61 Å². The molecule has 2 aromatic rings. The fourth-order valence-corrected chi connectivity index (χ4v) is 7.85. The van der Waals surface area contributed by atoms with E-state index in [-0.39, 0.29) is 0 Å². The lowest BCUT2D eigenvalue weighted by Gasteiger charge is -2.65. The van der Waals surface area contributed by atoms with Crippen molar-refractivity contribution in [2.24, 2.45) is 16.7 Å². The minimum absolute atomic E-state index is 0.304. The van der Waals surface area contributed by atoms with Crippen molar-refractivity contribution in [3.05, 3.63) is 58.6 Å². The molecule has 4 heteroatoms. The lowest BCUT2D eigenvalue weighted by Crippen LogP contribution is -2.63. The van der Waals surface area contributed by atoms with Crippen LogP contribution in [-0.4, -0.2) is 12.1 Å². The second-order valence-corrected chi connectivity index (χ2v) is 11.8. The maximum atomic E-state index is 6.09. The van der Waals surface area contributed by atoms with Crippen molar-refractivity contribution in [2.45, 2.75) is 78.0 Å². The highest BCUT2D eigenvalue weighted by atomic mass is 35.5. The first kappa shape index (κ1) is 22.1. The standard InChI is InChI=1S/C28H36ClNO2/c1-4-31-25-11-21(7-10-24(25)32-16-20-5-8-23(29)9-6-20)15-30-28-14-22-12-26(2,18-28)17-27(3,13-22)19-28/h5-11,22,30H,4,12-19H2,1-3H3. The molecule has 0 aliphatic heterocycles. The first-order chi connectivity index (χ1) is 15.3. The third-order valence-corrected chi connectivity index (χ3v) is 8.16. The molecule has 6 rings (SSSR count). The summed E-state index contributed by atoms with van der Waals surface area (Å²) in [5, 5.41) is 4.78. The molecule has 3 nitrogen and oxygen atoms in total. The van der Waals surface area contributed by atoms with Gasteiger partial charge in [-0.05, 0) is 97.6 Å². The van der Waals surface area contributed by atoms with E-state index in [9.17, 15) is 0 Å². The van der Waals surface area contributed by atoms with E-state index >= 15 is 0 Å². The Morgan fingerprint density at radius 2 is 1.56 bits per heavy atom. The van der Waals surface area contributed by atoms with Crippen LogP contribution in [0.3, 0.4) is 0 Å². The van der Waals surface area contributed by atoms with Gasteiger partial charge in [0.15, 0.2) is 11.5 Å². The summed E-state index contributed by atoms with van der Waals surface area (Å²) in [4.78, 5) is 0. The van der Waals surface area contributed by atoms with Crippen LogP contribution in [-0.2, 0) is 13.2 Å². The molecule has 172 valence electrons.